The third-order valence-corrected chi connectivity index (χ3v) is 4.92. The number of hydrogen-bond donors (Lipinski definition) is 1. The fourth-order valence-corrected chi connectivity index (χ4v) is 3.77. The van der Waals surface area contributed by atoms with E-state index in [0.29, 0.717) is 17.9 Å². The van der Waals surface area contributed by atoms with Gasteiger partial charge < -0.3 is 5.73 Å². The first-order chi connectivity index (χ1) is 9.54. The van der Waals surface area contributed by atoms with E-state index in [-0.39, 0.29) is 10.7 Å². The zero-order valence-electron chi connectivity index (χ0n) is 11.2. The van der Waals surface area contributed by atoms with Gasteiger partial charge in [-0.15, -0.1) is 0 Å². The molecule has 6 heteroatoms. The number of halogens is 1. The van der Waals surface area contributed by atoms with Crippen molar-refractivity contribution in [1.82, 2.24) is 4.90 Å². The minimum Gasteiger partial charge on any atom is -0.327 e. The summed E-state index contributed by atoms with van der Waals surface area (Å²) in [5.41, 5.74) is 7.05. The standard InChI is InChI=1S/C14H18ClN3O2/c15-12-3-1-9(5-14(12)18(19)20)6-17-7-10-2-4-13(16)11(10)8-17/h1,3,5,10-11,13H,2,4,6-8,16H2/t10-,11+,13+/m0/s1. The molecule has 20 heavy (non-hydrogen) atoms. The van der Waals surface area contributed by atoms with E-state index in [9.17, 15) is 10.1 Å². The van der Waals surface area contributed by atoms with Gasteiger partial charge in [0.05, 0.1) is 4.92 Å². The number of fused-ring (bicyclic) bond motifs is 1. The third-order valence-electron chi connectivity index (χ3n) is 4.60. The molecule has 3 rings (SSSR count). The number of hydrogen-bond acceptors (Lipinski definition) is 4. The van der Waals surface area contributed by atoms with E-state index in [4.69, 9.17) is 17.3 Å². The van der Waals surface area contributed by atoms with Crippen molar-refractivity contribution in [3.05, 3.63) is 38.9 Å². The van der Waals surface area contributed by atoms with Gasteiger partial charge in [-0.1, -0.05) is 17.7 Å². The van der Waals surface area contributed by atoms with E-state index in [2.05, 4.69) is 4.90 Å². The molecule has 108 valence electrons. The summed E-state index contributed by atoms with van der Waals surface area (Å²) in [6.07, 6.45) is 2.35. The Morgan fingerprint density at radius 1 is 1.40 bits per heavy atom. The average molecular weight is 296 g/mol. The van der Waals surface area contributed by atoms with Crippen LogP contribution in [0.1, 0.15) is 18.4 Å². The van der Waals surface area contributed by atoms with Crippen molar-refractivity contribution in [3.8, 4) is 0 Å². The second-order valence-corrected chi connectivity index (χ2v) is 6.31. The molecule has 2 fully saturated rings. The molecule has 5 nitrogen and oxygen atoms in total. The van der Waals surface area contributed by atoms with Crippen LogP contribution in [-0.4, -0.2) is 29.0 Å². The van der Waals surface area contributed by atoms with Crippen LogP contribution >= 0.6 is 11.6 Å². The summed E-state index contributed by atoms with van der Waals surface area (Å²) >= 11 is 5.83. The van der Waals surface area contributed by atoms with E-state index in [1.165, 1.54) is 6.42 Å². The lowest BCUT2D eigenvalue weighted by molar-refractivity contribution is -0.384. The van der Waals surface area contributed by atoms with Crippen LogP contribution in [0.15, 0.2) is 18.2 Å². The second kappa shape index (κ2) is 5.31. The van der Waals surface area contributed by atoms with Crippen molar-refractivity contribution >= 4 is 17.3 Å². The molecule has 1 aromatic carbocycles. The van der Waals surface area contributed by atoms with Crippen molar-refractivity contribution in [2.45, 2.75) is 25.4 Å². The highest BCUT2D eigenvalue weighted by Gasteiger charge is 2.40. The summed E-state index contributed by atoms with van der Waals surface area (Å²) in [5.74, 6) is 1.30. The zero-order chi connectivity index (χ0) is 14.3. The molecule has 0 amide bonds. The molecular formula is C14H18ClN3O2. The first-order valence-corrected chi connectivity index (χ1v) is 7.33. The Bertz CT molecular complexity index is 537. The Balaban J connectivity index is 1.70. The van der Waals surface area contributed by atoms with Crippen molar-refractivity contribution in [2.24, 2.45) is 17.6 Å². The largest absolute Gasteiger partial charge is 0.327 e. The molecule has 3 atom stereocenters. The maximum Gasteiger partial charge on any atom is 0.288 e. The topological polar surface area (TPSA) is 72.4 Å². The Labute approximate surface area is 122 Å². The van der Waals surface area contributed by atoms with Gasteiger partial charge in [-0.05, 0) is 36.3 Å². The fraction of sp³-hybridized carbons (Fsp3) is 0.571. The van der Waals surface area contributed by atoms with Gasteiger partial charge in [0.2, 0.25) is 0 Å². The molecule has 1 heterocycles. The summed E-state index contributed by atoms with van der Waals surface area (Å²) < 4.78 is 0. The summed E-state index contributed by atoms with van der Waals surface area (Å²) in [6.45, 7) is 2.79. The number of likely N-dealkylation sites (tertiary alicyclic amines) is 1. The normalized spacial score (nSPS) is 29.6. The van der Waals surface area contributed by atoms with Crippen molar-refractivity contribution in [3.63, 3.8) is 0 Å². The molecule has 0 aromatic heterocycles. The minimum atomic E-state index is -0.430. The lowest BCUT2D eigenvalue weighted by Crippen LogP contribution is -2.30. The van der Waals surface area contributed by atoms with Gasteiger partial charge in [0, 0.05) is 31.7 Å². The molecule has 2 N–H and O–H groups in total. The monoisotopic (exact) mass is 295 g/mol. The van der Waals surface area contributed by atoms with E-state index in [1.54, 1.807) is 12.1 Å². The lowest BCUT2D eigenvalue weighted by atomic mass is 9.98. The molecule has 0 radical (unpaired) electrons. The second-order valence-electron chi connectivity index (χ2n) is 5.90. The summed E-state index contributed by atoms with van der Waals surface area (Å²) in [4.78, 5) is 12.8. The van der Waals surface area contributed by atoms with Crippen LogP contribution < -0.4 is 5.73 Å². The molecule has 1 saturated heterocycles. The van der Waals surface area contributed by atoms with Gasteiger partial charge >= 0.3 is 0 Å². The van der Waals surface area contributed by atoms with E-state index in [1.807, 2.05) is 6.07 Å². The molecule has 0 spiro atoms. The molecule has 1 aliphatic carbocycles. The first-order valence-electron chi connectivity index (χ1n) is 6.95. The number of nitrogens with zero attached hydrogens (tertiary/aromatic N) is 2. The number of rotatable bonds is 3. The van der Waals surface area contributed by atoms with Gasteiger partial charge in [0.1, 0.15) is 5.02 Å². The molecule has 1 aliphatic heterocycles. The predicted octanol–water partition coefficient (Wildman–Crippen LogP) is 2.42. The smallest absolute Gasteiger partial charge is 0.288 e. The zero-order valence-corrected chi connectivity index (χ0v) is 11.9. The van der Waals surface area contributed by atoms with Crippen molar-refractivity contribution in [2.75, 3.05) is 13.1 Å². The van der Waals surface area contributed by atoms with Gasteiger partial charge in [-0.25, -0.2) is 0 Å². The van der Waals surface area contributed by atoms with E-state index in [0.717, 1.165) is 31.6 Å². The minimum absolute atomic E-state index is 0.0136. The summed E-state index contributed by atoms with van der Waals surface area (Å²) in [5, 5.41) is 11.1. The Morgan fingerprint density at radius 2 is 2.20 bits per heavy atom. The fourth-order valence-electron chi connectivity index (χ4n) is 3.58. The van der Waals surface area contributed by atoms with Crippen LogP contribution in [0.5, 0.6) is 0 Å². The van der Waals surface area contributed by atoms with E-state index >= 15 is 0 Å². The lowest BCUT2D eigenvalue weighted by Gasteiger charge is -2.18. The van der Waals surface area contributed by atoms with Crippen LogP contribution in [0.2, 0.25) is 5.02 Å². The Hall–Kier alpha value is -1.17. The predicted molar refractivity (Wildman–Crippen MR) is 77.6 cm³/mol. The van der Waals surface area contributed by atoms with Crippen LogP contribution in [-0.2, 0) is 6.54 Å². The van der Waals surface area contributed by atoms with Crippen molar-refractivity contribution < 1.29 is 4.92 Å². The highest BCUT2D eigenvalue weighted by molar-refractivity contribution is 6.32. The quantitative estimate of drug-likeness (QED) is 0.686. The maximum absolute atomic E-state index is 10.9. The third kappa shape index (κ3) is 2.53. The Kier molecular flexibility index (Phi) is 3.67. The summed E-state index contributed by atoms with van der Waals surface area (Å²) in [6, 6.07) is 5.38. The number of benzene rings is 1. The number of nitro benzene ring substituents is 1. The van der Waals surface area contributed by atoms with Gasteiger partial charge in [0.25, 0.3) is 5.69 Å². The molecule has 2 aliphatic rings. The number of nitrogens with two attached hydrogens (primary N) is 1. The van der Waals surface area contributed by atoms with Crippen LogP contribution in [0.4, 0.5) is 5.69 Å². The SMILES string of the molecule is N[C@@H]1CC[C@H]2CN(Cc3ccc(Cl)c([N+](=O)[O-])c3)C[C@H]21. The van der Waals surface area contributed by atoms with Crippen LogP contribution in [0, 0.1) is 22.0 Å². The average Bonchev–Trinajstić information content (AvgIpc) is 2.94. The molecule has 1 aromatic rings. The maximum atomic E-state index is 10.9. The van der Waals surface area contributed by atoms with Gasteiger partial charge in [-0.2, -0.15) is 0 Å². The molecule has 0 bridgehead atoms. The molecule has 0 unspecified atom stereocenters. The van der Waals surface area contributed by atoms with Gasteiger partial charge in [-0.3, -0.25) is 15.0 Å². The van der Waals surface area contributed by atoms with Crippen molar-refractivity contribution in [1.29, 1.82) is 0 Å². The highest BCUT2D eigenvalue weighted by atomic mass is 35.5. The van der Waals surface area contributed by atoms with E-state index < -0.39 is 4.92 Å². The van der Waals surface area contributed by atoms with Crippen LogP contribution in [0.25, 0.3) is 0 Å². The first kappa shape index (κ1) is 13.8. The highest BCUT2D eigenvalue weighted by Crippen LogP contribution is 2.37. The summed E-state index contributed by atoms with van der Waals surface area (Å²) in [7, 11) is 0. The van der Waals surface area contributed by atoms with Crippen LogP contribution in [0.3, 0.4) is 0 Å². The molecular weight excluding hydrogens is 278 g/mol. The number of nitro groups is 1. The van der Waals surface area contributed by atoms with Gasteiger partial charge in [0.15, 0.2) is 0 Å². The Morgan fingerprint density at radius 3 is 2.90 bits per heavy atom. The molecule has 1 saturated carbocycles.